The van der Waals surface area contributed by atoms with Gasteiger partial charge in [0.25, 0.3) is 16.8 Å². The van der Waals surface area contributed by atoms with Gasteiger partial charge in [0, 0.05) is 11.8 Å². The van der Waals surface area contributed by atoms with Crippen molar-refractivity contribution >= 4 is 68.0 Å². The molecule has 0 aromatic heterocycles. The molecular weight excluding hydrogens is 605 g/mol. The van der Waals surface area contributed by atoms with Gasteiger partial charge in [-0.2, -0.15) is 8.42 Å². The van der Waals surface area contributed by atoms with E-state index in [0.29, 0.717) is 22.2 Å². The molecule has 0 atom stereocenters. The number of imide groups is 1. The number of anilines is 1. The molecule has 41 heavy (non-hydrogen) atoms. The SMILES string of the molecule is COc1cc(/C=C2\SC(=O)N(CC(=O)Nc3ccc(F)c(Cl)c3)C2=O)ccc1OS(=O)(=O)c1ccccc1[N+](=O)[O-]. The van der Waals surface area contributed by atoms with Gasteiger partial charge < -0.3 is 14.2 Å². The number of amides is 3. The molecule has 1 saturated heterocycles. The molecule has 0 spiro atoms. The normalized spacial score (nSPS) is 14.3. The molecule has 4 rings (SSSR count). The number of para-hydroxylation sites is 1. The molecule has 1 aliphatic rings. The summed E-state index contributed by atoms with van der Waals surface area (Å²) in [6.45, 7) is -0.615. The third-order valence-electron chi connectivity index (χ3n) is 5.39. The fourth-order valence-electron chi connectivity index (χ4n) is 3.53. The van der Waals surface area contributed by atoms with E-state index in [1.54, 1.807) is 0 Å². The summed E-state index contributed by atoms with van der Waals surface area (Å²) in [7, 11) is -3.40. The summed E-state index contributed by atoms with van der Waals surface area (Å²) in [5, 5.41) is 12.7. The van der Waals surface area contributed by atoms with Crippen molar-refractivity contribution in [2.24, 2.45) is 0 Å². The minimum atomic E-state index is -4.63. The topological polar surface area (TPSA) is 162 Å². The Kier molecular flexibility index (Phi) is 8.60. The second-order valence-electron chi connectivity index (χ2n) is 8.12. The Morgan fingerprint density at radius 3 is 2.56 bits per heavy atom. The Hall–Kier alpha value is -4.47. The molecular formula is C25H17ClFN3O9S2. The number of nitrogens with one attached hydrogen (secondary N) is 1. The zero-order valence-electron chi connectivity index (χ0n) is 20.7. The van der Waals surface area contributed by atoms with Crippen molar-refractivity contribution < 1.29 is 41.0 Å². The Labute approximate surface area is 241 Å². The molecule has 1 fully saturated rings. The highest BCUT2D eigenvalue weighted by Gasteiger charge is 2.36. The standard InChI is InChI=1S/C25H17ClFN3O9S2/c1-38-20-10-14(6-9-19(20)39-41(36,37)22-5-3-2-4-18(22)30(34)35)11-21-24(32)29(25(33)40-21)13-23(31)28-15-7-8-17(27)16(26)12-15/h2-12H,13H2,1H3,(H,28,31)/b21-11-. The molecule has 1 aliphatic heterocycles. The van der Waals surface area contributed by atoms with Crippen LogP contribution in [0.1, 0.15) is 5.56 Å². The lowest BCUT2D eigenvalue weighted by Gasteiger charge is -2.13. The number of nitro benzene ring substituents is 1. The molecule has 0 radical (unpaired) electrons. The highest BCUT2D eigenvalue weighted by Crippen LogP contribution is 2.36. The summed E-state index contributed by atoms with van der Waals surface area (Å²) < 4.78 is 49.2. The molecule has 0 aliphatic carbocycles. The van der Waals surface area contributed by atoms with Gasteiger partial charge in [-0.15, -0.1) is 0 Å². The van der Waals surface area contributed by atoms with Crippen molar-refractivity contribution in [2.45, 2.75) is 4.90 Å². The fraction of sp³-hybridized carbons (Fsp3) is 0.0800. The van der Waals surface area contributed by atoms with E-state index in [0.717, 1.165) is 18.2 Å². The zero-order valence-corrected chi connectivity index (χ0v) is 23.1. The van der Waals surface area contributed by atoms with Crippen molar-refractivity contribution in [1.82, 2.24) is 4.90 Å². The number of benzene rings is 3. The molecule has 16 heteroatoms. The molecule has 0 unspecified atom stereocenters. The van der Waals surface area contributed by atoms with E-state index >= 15 is 0 Å². The Morgan fingerprint density at radius 2 is 1.88 bits per heavy atom. The van der Waals surface area contributed by atoms with Crippen molar-refractivity contribution in [3.8, 4) is 11.5 Å². The number of nitrogens with zero attached hydrogens (tertiary/aromatic N) is 2. The third kappa shape index (κ3) is 6.65. The first-order valence-corrected chi connectivity index (χ1v) is 13.9. The fourth-order valence-corrected chi connectivity index (χ4v) is 5.66. The summed E-state index contributed by atoms with van der Waals surface area (Å²) in [4.78, 5) is 48.1. The monoisotopic (exact) mass is 621 g/mol. The first kappa shape index (κ1) is 29.5. The van der Waals surface area contributed by atoms with E-state index in [1.807, 2.05) is 0 Å². The van der Waals surface area contributed by atoms with Crippen LogP contribution in [-0.4, -0.2) is 48.9 Å². The number of thioether (sulfide) groups is 1. The molecule has 1 N–H and O–H groups in total. The maximum atomic E-state index is 13.3. The van der Waals surface area contributed by atoms with Gasteiger partial charge >= 0.3 is 10.1 Å². The van der Waals surface area contributed by atoms with Gasteiger partial charge in [-0.25, -0.2) is 4.39 Å². The predicted molar refractivity (Wildman–Crippen MR) is 147 cm³/mol. The Morgan fingerprint density at radius 1 is 1.15 bits per heavy atom. The van der Waals surface area contributed by atoms with E-state index < -0.39 is 55.0 Å². The lowest BCUT2D eigenvalue weighted by atomic mass is 10.2. The van der Waals surface area contributed by atoms with Gasteiger partial charge in [0.2, 0.25) is 5.91 Å². The lowest BCUT2D eigenvalue weighted by molar-refractivity contribution is -0.387. The van der Waals surface area contributed by atoms with Crippen LogP contribution in [0.3, 0.4) is 0 Å². The Balaban J connectivity index is 1.50. The highest BCUT2D eigenvalue weighted by atomic mass is 35.5. The summed E-state index contributed by atoms with van der Waals surface area (Å²) in [6, 6.07) is 12.0. The van der Waals surface area contributed by atoms with Crippen LogP contribution in [0.5, 0.6) is 11.5 Å². The quantitative estimate of drug-likeness (QED) is 0.151. The van der Waals surface area contributed by atoms with Gasteiger partial charge in [-0.3, -0.25) is 29.4 Å². The molecule has 212 valence electrons. The van der Waals surface area contributed by atoms with Gasteiger partial charge in [-0.05, 0) is 59.8 Å². The Bertz CT molecular complexity index is 1730. The number of nitro groups is 1. The summed E-state index contributed by atoms with van der Waals surface area (Å²) >= 11 is 6.27. The van der Waals surface area contributed by atoms with Gasteiger partial charge in [-0.1, -0.05) is 29.8 Å². The minimum Gasteiger partial charge on any atom is -0.493 e. The molecule has 3 aromatic rings. The summed E-state index contributed by atoms with van der Waals surface area (Å²) in [5.41, 5.74) is -0.190. The van der Waals surface area contributed by atoms with Crippen LogP contribution in [-0.2, 0) is 19.7 Å². The van der Waals surface area contributed by atoms with Gasteiger partial charge in [0.1, 0.15) is 12.4 Å². The minimum absolute atomic E-state index is 0.0316. The molecule has 1 heterocycles. The number of ether oxygens (including phenoxy) is 1. The number of halogens is 2. The number of hydrogen-bond donors (Lipinski definition) is 1. The first-order valence-electron chi connectivity index (χ1n) is 11.3. The average Bonchev–Trinajstić information content (AvgIpc) is 3.18. The highest BCUT2D eigenvalue weighted by molar-refractivity contribution is 8.18. The predicted octanol–water partition coefficient (Wildman–Crippen LogP) is 4.84. The molecule has 0 saturated carbocycles. The molecule has 3 amide bonds. The van der Waals surface area contributed by atoms with Crippen LogP contribution in [0.15, 0.2) is 70.5 Å². The van der Waals surface area contributed by atoms with E-state index in [4.69, 9.17) is 20.5 Å². The van der Waals surface area contributed by atoms with Crippen LogP contribution in [0.2, 0.25) is 5.02 Å². The number of methoxy groups -OCH3 is 1. The lowest BCUT2D eigenvalue weighted by Crippen LogP contribution is -2.36. The summed E-state index contributed by atoms with van der Waals surface area (Å²) in [5.74, 6) is -2.53. The molecule has 0 bridgehead atoms. The first-order chi connectivity index (χ1) is 19.4. The van der Waals surface area contributed by atoms with E-state index in [2.05, 4.69) is 5.32 Å². The van der Waals surface area contributed by atoms with Crippen LogP contribution >= 0.6 is 23.4 Å². The zero-order chi connectivity index (χ0) is 29.9. The van der Waals surface area contributed by atoms with Crippen LogP contribution < -0.4 is 14.2 Å². The van der Waals surface area contributed by atoms with Crippen molar-refractivity contribution in [2.75, 3.05) is 19.0 Å². The van der Waals surface area contributed by atoms with Crippen molar-refractivity contribution in [1.29, 1.82) is 0 Å². The second kappa shape index (κ2) is 12.0. The van der Waals surface area contributed by atoms with Crippen LogP contribution in [0, 0.1) is 15.9 Å². The number of carbonyl (C=O) groups is 3. The number of rotatable bonds is 9. The number of carbonyl (C=O) groups excluding carboxylic acids is 3. The van der Waals surface area contributed by atoms with Gasteiger partial charge in [0.05, 0.1) is 22.0 Å². The van der Waals surface area contributed by atoms with Gasteiger partial charge in [0.15, 0.2) is 16.4 Å². The van der Waals surface area contributed by atoms with E-state index in [1.165, 1.54) is 55.7 Å². The summed E-state index contributed by atoms with van der Waals surface area (Å²) in [6.07, 6.45) is 1.32. The van der Waals surface area contributed by atoms with Crippen LogP contribution in [0.4, 0.5) is 20.6 Å². The van der Waals surface area contributed by atoms with Crippen molar-refractivity contribution in [3.63, 3.8) is 0 Å². The average molecular weight is 622 g/mol. The smallest absolute Gasteiger partial charge is 0.346 e. The molecule has 12 nitrogen and oxygen atoms in total. The number of hydrogen-bond acceptors (Lipinski definition) is 10. The van der Waals surface area contributed by atoms with Crippen LogP contribution in [0.25, 0.3) is 6.08 Å². The maximum absolute atomic E-state index is 13.3. The second-order valence-corrected chi connectivity index (χ2v) is 11.0. The van der Waals surface area contributed by atoms with E-state index in [-0.39, 0.29) is 27.1 Å². The third-order valence-corrected chi connectivity index (χ3v) is 7.87. The van der Waals surface area contributed by atoms with E-state index in [9.17, 15) is 37.3 Å². The maximum Gasteiger partial charge on any atom is 0.346 e. The molecule has 3 aromatic carbocycles. The van der Waals surface area contributed by atoms with Crippen molar-refractivity contribution in [3.05, 3.63) is 92.1 Å². The largest absolute Gasteiger partial charge is 0.493 e.